The Kier molecular flexibility index (Phi) is 23.0. The largest absolute Gasteiger partial charge is 0.463 e. The van der Waals surface area contributed by atoms with Gasteiger partial charge in [-0.25, -0.2) is 9.59 Å². The van der Waals surface area contributed by atoms with Gasteiger partial charge < -0.3 is 9.47 Å². The Morgan fingerprint density at radius 1 is 0.741 bits per heavy atom. The highest BCUT2D eigenvalue weighted by Crippen LogP contribution is 2.10. The van der Waals surface area contributed by atoms with Crippen LogP contribution in [0.5, 0.6) is 0 Å². The van der Waals surface area contributed by atoms with Gasteiger partial charge in [-0.05, 0) is 19.8 Å². The summed E-state index contributed by atoms with van der Waals surface area (Å²) in [7, 11) is 0. The van der Waals surface area contributed by atoms with Crippen molar-refractivity contribution in [3.05, 3.63) is 24.8 Å². The van der Waals surface area contributed by atoms with Crippen molar-refractivity contribution in [1.82, 2.24) is 0 Å². The summed E-state index contributed by atoms with van der Waals surface area (Å²) in [6.45, 7) is 13.8. The van der Waals surface area contributed by atoms with Crippen LogP contribution < -0.4 is 0 Å². The van der Waals surface area contributed by atoms with Crippen LogP contribution >= 0.6 is 0 Å². The summed E-state index contributed by atoms with van der Waals surface area (Å²) in [6, 6.07) is 0. The fourth-order valence-corrected chi connectivity index (χ4v) is 2.25. The van der Waals surface area contributed by atoms with Crippen molar-refractivity contribution in [1.29, 1.82) is 0 Å². The average molecular weight is 383 g/mol. The van der Waals surface area contributed by atoms with Gasteiger partial charge >= 0.3 is 11.9 Å². The molecule has 0 aromatic rings. The Bertz CT molecular complexity index is 388. The van der Waals surface area contributed by atoms with Crippen molar-refractivity contribution in [3.8, 4) is 0 Å². The number of carbonyl (C=O) groups is 2. The molecule has 0 aliphatic heterocycles. The SMILES string of the molecule is C=C(C)C(=O)OCCCC.C=CC(=O)OCCCCCCCCCCCC. The van der Waals surface area contributed by atoms with Crippen LogP contribution in [0.25, 0.3) is 0 Å². The van der Waals surface area contributed by atoms with Crippen molar-refractivity contribution >= 4 is 11.9 Å². The molecular weight excluding hydrogens is 340 g/mol. The molecule has 0 aromatic carbocycles. The maximum absolute atomic E-state index is 10.7. The zero-order chi connectivity index (χ0) is 20.8. The zero-order valence-electron chi connectivity index (χ0n) is 18.0. The number of hydrogen-bond acceptors (Lipinski definition) is 4. The van der Waals surface area contributed by atoms with Gasteiger partial charge in [0.25, 0.3) is 0 Å². The Labute approximate surface area is 167 Å². The van der Waals surface area contributed by atoms with E-state index in [1.807, 2.05) is 0 Å². The number of hydrogen-bond donors (Lipinski definition) is 0. The van der Waals surface area contributed by atoms with Gasteiger partial charge in [-0.15, -0.1) is 0 Å². The Balaban J connectivity index is 0. The lowest BCUT2D eigenvalue weighted by atomic mass is 10.1. The average Bonchev–Trinajstić information content (AvgIpc) is 2.66. The molecule has 27 heavy (non-hydrogen) atoms. The molecule has 0 rings (SSSR count). The molecule has 0 fully saturated rings. The van der Waals surface area contributed by atoms with E-state index in [2.05, 4.69) is 27.0 Å². The lowest BCUT2D eigenvalue weighted by Crippen LogP contribution is -2.05. The van der Waals surface area contributed by atoms with Gasteiger partial charge in [0, 0.05) is 11.6 Å². The second kappa shape index (κ2) is 22.5. The van der Waals surface area contributed by atoms with Gasteiger partial charge in [-0.2, -0.15) is 0 Å². The fraction of sp³-hybridized carbons (Fsp3) is 0.739. The van der Waals surface area contributed by atoms with Crippen LogP contribution in [0.3, 0.4) is 0 Å². The van der Waals surface area contributed by atoms with Gasteiger partial charge in [-0.1, -0.05) is 91.2 Å². The normalized spacial score (nSPS) is 9.74. The molecule has 0 bridgehead atoms. The molecule has 4 nitrogen and oxygen atoms in total. The quantitative estimate of drug-likeness (QED) is 0.173. The summed E-state index contributed by atoms with van der Waals surface area (Å²) >= 11 is 0. The first-order valence-electron chi connectivity index (χ1n) is 10.6. The predicted molar refractivity (Wildman–Crippen MR) is 114 cm³/mol. The smallest absolute Gasteiger partial charge is 0.333 e. The van der Waals surface area contributed by atoms with Gasteiger partial charge in [0.15, 0.2) is 0 Å². The van der Waals surface area contributed by atoms with Gasteiger partial charge in [0.05, 0.1) is 13.2 Å². The molecule has 0 radical (unpaired) electrons. The summed E-state index contributed by atoms with van der Waals surface area (Å²) in [4.78, 5) is 21.4. The molecule has 0 aliphatic carbocycles. The molecule has 0 saturated heterocycles. The van der Waals surface area contributed by atoms with Crippen molar-refractivity contribution in [3.63, 3.8) is 0 Å². The molecule has 158 valence electrons. The minimum absolute atomic E-state index is 0.284. The summed E-state index contributed by atoms with van der Waals surface area (Å²) in [6.07, 6.45) is 16.2. The second-order valence-electron chi connectivity index (χ2n) is 6.82. The third-order valence-electron chi connectivity index (χ3n) is 3.99. The predicted octanol–water partition coefficient (Wildman–Crippen LogP) is 6.54. The minimum Gasteiger partial charge on any atom is -0.463 e. The molecule has 4 heteroatoms. The van der Waals surface area contributed by atoms with Crippen LogP contribution in [0, 0.1) is 0 Å². The van der Waals surface area contributed by atoms with Crippen molar-refractivity contribution in [2.75, 3.05) is 13.2 Å². The Hall–Kier alpha value is -1.58. The van der Waals surface area contributed by atoms with Crippen LogP contribution in [-0.2, 0) is 19.1 Å². The minimum atomic E-state index is -0.305. The first kappa shape index (κ1) is 27.6. The number of ether oxygens (including phenoxy) is 2. The highest BCUT2D eigenvalue weighted by atomic mass is 16.5. The molecule has 0 spiro atoms. The molecule has 0 N–H and O–H groups in total. The molecule has 0 atom stereocenters. The second-order valence-corrected chi connectivity index (χ2v) is 6.82. The molecule has 0 unspecified atom stereocenters. The van der Waals surface area contributed by atoms with Crippen molar-refractivity contribution < 1.29 is 19.1 Å². The first-order valence-corrected chi connectivity index (χ1v) is 10.6. The Morgan fingerprint density at radius 2 is 1.19 bits per heavy atom. The number of unbranched alkanes of at least 4 members (excludes halogenated alkanes) is 10. The summed E-state index contributed by atoms with van der Waals surface area (Å²) in [5, 5.41) is 0. The molecule has 0 aromatic heterocycles. The van der Waals surface area contributed by atoms with Gasteiger partial charge in [0.1, 0.15) is 0 Å². The number of carbonyl (C=O) groups excluding carboxylic acids is 2. The summed E-state index contributed by atoms with van der Waals surface area (Å²) < 4.78 is 9.71. The molecule has 0 saturated carbocycles. The van der Waals surface area contributed by atoms with E-state index in [9.17, 15) is 9.59 Å². The lowest BCUT2D eigenvalue weighted by molar-refractivity contribution is -0.139. The van der Waals surface area contributed by atoms with Crippen LogP contribution in [-0.4, -0.2) is 25.2 Å². The molecule has 0 heterocycles. The Morgan fingerprint density at radius 3 is 1.63 bits per heavy atom. The maximum atomic E-state index is 10.7. The highest BCUT2D eigenvalue weighted by molar-refractivity contribution is 5.86. The maximum Gasteiger partial charge on any atom is 0.333 e. The third-order valence-corrected chi connectivity index (χ3v) is 3.99. The van der Waals surface area contributed by atoms with E-state index in [0.29, 0.717) is 18.8 Å². The van der Waals surface area contributed by atoms with E-state index in [1.54, 1.807) is 6.92 Å². The number of rotatable bonds is 16. The molecule has 0 aliphatic rings. The molecular formula is C23H42O4. The zero-order valence-corrected chi connectivity index (χ0v) is 18.0. The van der Waals surface area contributed by atoms with E-state index < -0.39 is 0 Å². The standard InChI is InChI=1S/C15H28O2.C8H14O2/c1-3-5-6-7-8-9-10-11-12-13-14-17-15(16)4-2;1-4-5-6-10-8(9)7(2)3/h4H,2-3,5-14H2,1H3;2,4-6H2,1,3H3. The molecule has 0 amide bonds. The van der Waals surface area contributed by atoms with E-state index >= 15 is 0 Å². The lowest BCUT2D eigenvalue weighted by Gasteiger charge is -2.03. The van der Waals surface area contributed by atoms with Crippen LogP contribution in [0.4, 0.5) is 0 Å². The van der Waals surface area contributed by atoms with E-state index in [4.69, 9.17) is 9.47 Å². The van der Waals surface area contributed by atoms with E-state index in [1.165, 1.54) is 63.9 Å². The first-order chi connectivity index (χ1) is 13.0. The monoisotopic (exact) mass is 382 g/mol. The van der Waals surface area contributed by atoms with Gasteiger partial charge in [-0.3, -0.25) is 0 Å². The summed E-state index contributed by atoms with van der Waals surface area (Å²) in [5.41, 5.74) is 0.469. The third kappa shape index (κ3) is 24.4. The van der Waals surface area contributed by atoms with E-state index in [-0.39, 0.29) is 11.9 Å². The van der Waals surface area contributed by atoms with Crippen LogP contribution in [0.15, 0.2) is 24.8 Å². The topological polar surface area (TPSA) is 52.6 Å². The summed E-state index contributed by atoms with van der Waals surface area (Å²) in [5.74, 6) is -0.589. The number of esters is 2. The fourth-order valence-electron chi connectivity index (χ4n) is 2.25. The van der Waals surface area contributed by atoms with Crippen molar-refractivity contribution in [2.24, 2.45) is 0 Å². The van der Waals surface area contributed by atoms with Crippen LogP contribution in [0.1, 0.15) is 97.8 Å². The van der Waals surface area contributed by atoms with Crippen molar-refractivity contribution in [2.45, 2.75) is 97.8 Å². The van der Waals surface area contributed by atoms with E-state index in [0.717, 1.165) is 19.3 Å². The van der Waals surface area contributed by atoms with Gasteiger partial charge in [0.2, 0.25) is 0 Å². The highest BCUT2D eigenvalue weighted by Gasteiger charge is 2.00. The van der Waals surface area contributed by atoms with Crippen LogP contribution in [0.2, 0.25) is 0 Å².